The SMILES string of the molecule is COc1cccc(OCC(=O)Nc2c(C(C)C)cccc2C(C)C)c1. The fraction of sp³-hybridized carbons (Fsp3) is 0.381. The van der Waals surface area contributed by atoms with Crippen LogP contribution < -0.4 is 14.8 Å². The number of carbonyl (C=O) groups is 1. The molecule has 0 atom stereocenters. The van der Waals surface area contributed by atoms with E-state index in [2.05, 4.69) is 45.1 Å². The van der Waals surface area contributed by atoms with Crippen molar-refractivity contribution in [2.24, 2.45) is 0 Å². The van der Waals surface area contributed by atoms with Crippen LogP contribution in [0.4, 0.5) is 5.69 Å². The summed E-state index contributed by atoms with van der Waals surface area (Å²) in [7, 11) is 1.60. The molecule has 0 aliphatic carbocycles. The highest BCUT2D eigenvalue weighted by atomic mass is 16.5. The number of hydrogen-bond donors (Lipinski definition) is 1. The molecular formula is C21H27NO3. The minimum Gasteiger partial charge on any atom is -0.497 e. The summed E-state index contributed by atoms with van der Waals surface area (Å²) in [5.41, 5.74) is 3.19. The van der Waals surface area contributed by atoms with Crippen LogP contribution >= 0.6 is 0 Å². The molecule has 1 N–H and O–H groups in total. The van der Waals surface area contributed by atoms with Crippen LogP contribution in [-0.4, -0.2) is 19.6 Å². The highest BCUT2D eigenvalue weighted by Gasteiger charge is 2.16. The normalized spacial score (nSPS) is 10.8. The van der Waals surface area contributed by atoms with Gasteiger partial charge in [-0.1, -0.05) is 52.0 Å². The number of carbonyl (C=O) groups excluding carboxylic acids is 1. The van der Waals surface area contributed by atoms with E-state index >= 15 is 0 Å². The topological polar surface area (TPSA) is 47.6 Å². The lowest BCUT2D eigenvalue weighted by Gasteiger charge is -2.20. The highest BCUT2D eigenvalue weighted by molar-refractivity contribution is 5.93. The Morgan fingerprint density at radius 2 is 1.52 bits per heavy atom. The standard InChI is InChI=1S/C21H27NO3/c1-14(2)18-10-7-11-19(15(3)4)21(18)22-20(23)13-25-17-9-6-8-16(12-17)24-5/h6-12,14-15H,13H2,1-5H3,(H,22,23). The Balaban J connectivity index is 2.12. The summed E-state index contributed by atoms with van der Waals surface area (Å²) in [6.45, 7) is 8.46. The molecular weight excluding hydrogens is 314 g/mol. The van der Waals surface area contributed by atoms with Gasteiger partial charge in [-0.2, -0.15) is 0 Å². The lowest BCUT2D eigenvalue weighted by Crippen LogP contribution is -2.22. The number of nitrogens with one attached hydrogen (secondary N) is 1. The van der Waals surface area contributed by atoms with Gasteiger partial charge < -0.3 is 14.8 Å². The Labute approximate surface area is 150 Å². The largest absolute Gasteiger partial charge is 0.497 e. The van der Waals surface area contributed by atoms with Crippen LogP contribution in [0.3, 0.4) is 0 Å². The molecule has 0 radical (unpaired) electrons. The summed E-state index contributed by atoms with van der Waals surface area (Å²) >= 11 is 0. The number of anilines is 1. The van der Waals surface area contributed by atoms with E-state index in [-0.39, 0.29) is 12.5 Å². The first-order chi connectivity index (χ1) is 11.9. The Morgan fingerprint density at radius 1 is 0.960 bits per heavy atom. The minimum atomic E-state index is -0.169. The fourth-order valence-corrected chi connectivity index (χ4v) is 2.71. The van der Waals surface area contributed by atoms with Gasteiger partial charge >= 0.3 is 0 Å². The average molecular weight is 341 g/mol. The van der Waals surface area contributed by atoms with Crippen LogP contribution in [0.5, 0.6) is 11.5 Å². The van der Waals surface area contributed by atoms with Crippen molar-refractivity contribution < 1.29 is 14.3 Å². The molecule has 4 nitrogen and oxygen atoms in total. The molecule has 0 saturated carbocycles. The van der Waals surface area contributed by atoms with Gasteiger partial charge in [0.2, 0.25) is 0 Å². The highest BCUT2D eigenvalue weighted by Crippen LogP contribution is 2.32. The van der Waals surface area contributed by atoms with Gasteiger partial charge in [0.25, 0.3) is 5.91 Å². The van der Waals surface area contributed by atoms with Crippen molar-refractivity contribution >= 4 is 11.6 Å². The van der Waals surface area contributed by atoms with Crippen molar-refractivity contribution in [3.05, 3.63) is 53.6 Å². The lowest BCUT2D eigenvalue weighted by molar-refractivity contribution is -0.118. The third-order valence-electron chi connectivity index (χ3n) is 4.05. The van der Waals surface area contributed by atoms with Gasteiger partial charge in [-0.15, -0.1) is 0 Å². The molecule has 0 aromatic heterocycles. The molecule has 0 spiro atoms. The Kier molecular flexibility index (Phi) is 6.45. The van der Waals surface area contributed by atoms with Gasteiger partial charge in [0.1, 0.15) is 11.5 Å². The van der Waals surface area contributed by atoms with Crippen LogP contribution in [0.2, 0.25) is 0 Å². The first kappa shape index (κ1) is 18.8. The van der Waals surface area contributed by atoms with Crippen LogP contribution in [0, 0.1) is 0 Å². The van der Waals surface area contributed by atoms with E-state index < -0.39 is 0 Å². The van der Waals surface area contributed by atoms with E-state index in [4.69, 9.17) is 9.47 Å². The lowest BCUT2D eigenvalue weighted by atomic mass is 9.92. The molecule has 25 heavy (non-hydrogen) atoms. The molecule has 0 fully saturated rings. The molecule has 2 rings (SSSR count). The molecule has 0 aliphatic rings. The summed E-state index contributed by atoms with van der Waals surface area (Å²) in [6.07, 6.45) is 0. The van der Waals surface area contributed by atoms with E-state index in [0.29, 0.717) is 23.3 Å². The summed E-state index contributed by atoms with van der Waals surface area (Å²) < 4.78 is 10.8. The molecule has 2 aromatic carbocycles. The zero-order valence-corrected chi connectivity index (χ0v) is 15.6. The molecule has 4 heteroatoms. The summed E-state index contributed by atoms with van der Waals surface area (Å²) in [5.74, 6) is 1.79. The molecule has 2 aromatic rings. The number of methoxy groups -OCH3 is 1. The minimum absolute atomic E-state index is 0.0445. The van der Waals surface area contributed by atoms with E-state index in [9.17, 15) is 4.79 Å². The van der Waals surface area contributed by atoms with Gasteiger partial charge in [-0.05, 0) is 35.1 Å². The number of para-hydroxylation sites is 1. The summed E-state index contributed by atoms with van der Waals surface area (Å²) in [4.78, 5) is 12.4. The van der Waals surface area contributed by atoms with Crippen LogP contribution in [-0.2, 0) is 4.79 Å². The summed E-state index contributed by atoms with van der Waals surface area (Å²) in [5, 5.41) is 3.05. The smallest absolute Gasteiger partial charge is 0.262 e. The van der Waals surface area contributed by atoms with Crippen molar-refractivity contribution in [2.45, 2.75) is 39.5 Å². The van der Waals surface area contributed by atoms with Gasteiger partial charge in [0.05, 0.1) is 7.11 Å². The molecule has 0 heterocycles. The number of rotatable bonds is 7. The van der Waals surface area contributed by atoms with Crippen LogP contribution in [0.25, 0.3) is 0 Å². The predicted molar refractivity (Wildman–Crippen MR) is 102 cm³/mol. The van der Waals surface area contributed by atoms with Gasteiger partial charge in [-0.3, -0.25) is 4.79 Å². The van der Waals surface area contributed by atoms with E-state index in [1.165, 1.54) is 0 Å². The summed E-state index contributed by atoms with van der Waals surface area (Å²) in [6, 6.07) is 13.4. The molecule has 0 saturated heterocycles. The molecule has 134 valence electrons. The first-order valence-corrected chi connectivity index (χ1v) is 8.61. The fourth-order valence-electron chi connectivity index (χ4n) is 2.71. The van der Waals surface area contributed by atoms with Crippen molar-refractivity contribution in [3.63, 3.8) is 0 Å². The molecule has 1 amide bonds. The molecule has 0 aliphatic heterocycles. The van der Waals surface area contributed by atoms with Crippen LogP contribution in [0.1, 0.15) is 50.7 Å². The Morgan fingerprint density at radius 3 is 2.08 bits per heavy atom. The third-order valence-corrected chi connectivity index (χ3v) is 4.05. The number of benzene rings is 2. The zero-order valence-electron chi connectivity index (χ0n) is 15.6. The van der Waals surface area contributed by atoms with Crippen molar-refractivity contribution in [1.82, 2.24) is 0 Å². The molecule has 0 bridgehead atoms. The average Bonchev–Trinajstić information content (AvgIpc) is 2.60. The maximum absolute atomic E-state index is 12.4. The zero-order chi connectivity index (χ0) is 18.4. The monoisotopic (exact) mass is 341 g/mol. The Bertz CT molecular complexity index is 697. The first-order valence-electron chi connectivity index (χ1n) is 8.61. The maximum Gasteiger partial charge on any atom is 0.262 e. The quantitative estimate of drug-likeness (QED) is 0.774. The van der Waals surface area contributed by atoms with Crippen molar-refractivity contribution in [3.8, 4) is 11.5 Å². The third kappa shape index (κ3) is 4.99. The molecule has 0 unspecified atom stereocenters. The maximum atomic E-state index is 12.4. The van der Waals surface area contributed by atoms with Crippen LogP contribution in [0.15, 0.2) is 42.5 Å². The van der Waals surface area contributed by atoms with Crippen molar-refractivity contribution in [2.75, 3.05) is 19.0 Å². The number of ether oxygens (including phenoxy) is 2. The second-order valence-corrected chi connectivity index (χ2v) is 6.64. The second-order valence-electron chi connectivity index (χ2n) is 6.64. The van der Waals surface area contributed by atoms with Gasteiger partial charge in [-0.25, -0.2) is 0 Å². The second kappa shape index (κ2) is 8.56. The van der Waals surface area contributed by atoms with Gasteiger partial charge in [0, 0.05) is 11.8 Å². The number of hydrogen-bond acceptors (Lipinski definition) is 3. The predicted octanol–water partition coefficient (Wildman–Crippen LogP) is 4.96. The number of amides is 1. The van der Waals surface area contributed by atoms with E-state index in [1.807, 2.05) is 18.2 Å². The Hall–Kier alpha value is -2.49. The van der Waals surface area contributed by atoms with E-state index in [1.54, 1.807) is 19.2 Å². The van der Waals surface area contributed by atoms with Crippen molar-refractivity contribution in [1.29, 1.82) is 0 Å². The van der Waals surface area contributed by atoms with E-state index in [0.717, 1.165) is 16.8 Å². The van der Waals surface area contributed by atoms with Gasteiger partial charge in [0.15, 0.2) is 6.61 Å².